The number of piperazine rings is 1. The van der Waals surface area contributed by atoms with Crippen molar-refractivity contribution < 1.29 is 13.9 Å². The fraction of sp³-hybridized carbons (Fsp3) is 0.424. The van der Waals surface area contributed by atoms with Crippen LogP contribution in [0.25, 0.3) is 10.8 Å². The molecule has 1 atom stereocenters. The molecule has 0 spiro atoms. The molecule has 3 aromatic rings. The average Bonchev–Trinajstić information content (AvgIpc) is 3.01. The summed E-state index contributed by atoms with van der Waals surface area (Å²) < 4.78 is 20.3. The monoisotopic (exact) mass is 602 g/mol. The van der Waals surface area contributed by atoms with Gasteiger partial charge in [-0.2, -0.15) is 5.26 Å². The van der Waals surface area contributed by atoms with Crippen molar-refractivity contribution in [3.05, 3.63) is 71.2 Å². The normalized spacial score (nSPS) is 19.7. The lowest BCUT2D eigenvalue weighted by atomic mass is 9.98. The van der Waals surface area contributed by atoms with Gasteiger partial charge in [-0.1, -0.05) is 42.4 Å². The van der Waals surface area contributed by atoms with Gasteiger partial charge in [-0.15, -0.1) is 0 Å². The standard InChI is InChI=1S/C33H36ClFN6O2/c1-22(35)33(42)41-18-17-40(20-24(41)9-13-36)30-19-31(43-25-10-14-38(2)15-11-25)37-28-21-39(16-12-26(28)30)29-8-4-6-23-5-3-7-27(34)32(23)29/h3-8,19,24-25H,1,9-12,14-18,20-21H2,2H3. The largest absolute Gasteiger partial charge is 0.474 e. The molecule has 0 radical (unpaired) electrons. The first-order valence-electron chi connectivity index (χ1n) is 14.9. The molecule has 2 aromatic carbocycles. The Kier molecular flexibility index (Phi) is 8.42. The maximum atomic E-state index is 13.8. The van der Waals surface area contributed by atoms with Crippen molar-refractivity contribution in [3.8, 4) is 11.9 Å². The number of amides is 1. The zero-order chi connectivity index (χ0) is 30.1. The number of carbonyl (C=O) groups excluding carboxylic acids is 1. The molecule has 10 heteroatoms. The van der Waals surface area contributed by atoms with Crippen molar-refractivity contribution >= 4 is 39.7 Å². The van der Waals surface area contributed by atoms with Gasteiger partial charge < -0.3 is 24.3 Å². The topological polar surface area (TPSA) is 75.9 Å². The van der Waals surface area contributed by atoms with E-state index in [2.05, 4.69) is 58.7 Å². The minimum Gasteiger partial charge on any atom is -0.474 e. The van der Waals surface area contributed by atoms with Crippen molar-refractivity contribution in [3.63, 3.8) is 0 Å². The number of aromatic nitrogens is 1. The molecule has 3 aliphatic heterocycles. The SMILES string of the molecule is C=C(F)C(=O)N1CCN(c2cc(OC3CCN(C)CC3)nc3c2CCN(c2cccc4cccc(Cl)c24)C3)CC1CC#N. The van der Waals surface area contributed by atoms with Gasteiger partial charge in [0.25, 0.3) is 5.91 Å². The lowest BCUT2D eigenvalue weighted by Crippen LogP contribution is -2.55. The summed E-state index contributed by atoms with van der Waals surface area (Å²) in [6.07, 6.45) is 2.82. The maximum absolute atomic E-state index is 13.8. The quantitative estimate of drug-likeness (QED) is 0.353. The summed E-state index contributed by atoms with van der Waals surface area (Å²) in [6.45, 7) is 7.75. The number of likely N-dealkylation sites (tertiary alicyclic amines) is 1. The van der Waals surface area contributed by atoms with E-state index in [1.165, 1.54) is 4.90 Å². The molecule has 2 fully saturated rings. The Morgan fingerprint density at radius 2 is 1.88 bits per heavy atom. The number of hydrogen-bond donors (Lipinski definition) is 0. The number of hydrogen-bond acceptors (Lipinski definition) is 7. The molecule has 6 rings (SSSR count). The number of nitriles is 1. The van der Waals surface area contributed by atoms with Crippen LogP contribution in [0, 0.1) is 11.3 Å². The third kappa shape index (κ3) is 5.99. The van der Waals surface area contributed by atoms with E-state index in [0.29, 0.717) is 32.1 Å². The van der Waals surface area contributed by atoms with Crippen molar-refractivity contribution in [1.82, 2.24) is 14.8 Å². The van der Waals surface area contributed by atoms with Gasteiger partial charge >= 0.3 is 0 Å². The number of ether oxygens (including phenoxy) is 1. The summed E-state index contributed by atoms with van der Waals surface area (Å²) in [5.74, 6) is -1.15. The second-order valence-electron chi connectivity index (χ2n) is 11.7. The van der Waals surface area contributed by atoms with Gasteiger partial charge in [0.2, 0.25) is 5.88 Å². The van der Waals surface area contributed by atoms with Crippen LogP contribution < -0.4 is 14.5 Å². The summed E-state index contributed by atoms with van der Waals surface area (Å²) in [5, 5.41) is 12.4. The number of rotatable bonds is 6. The molecule has 1 amide bonds. The predicted molar refractivity (Wildman–Crippen MR) is 167 cm³/mol. The van der Waals surface area contributed by atoms with Crippen molar-refractivity contribution in [2.75, 3.05) is 56.1 Å². The van der Waals surface area contributed by atoms with Crippen molar-refractivity contribution in [2.45, 2.75) is 44.4 Å². The lowest BCUT2D eigenvalue weighted by molar-refractivity contribution is -0.131. The molecule has 1 unspecified atom stereocenters. The van der Waals surface area contributed by atoms with Gasteiger partial charge in [-0.25, -0.2) is 9.37 Å². The van der Waals surface area contributed by atoms with E-state index in [4.69, 9.17) is 21.3 Å². The Labute approximate surface area is 256 Å². The molecule has 0 aliphatic carbocycles. The number of nitrogens with zero attached hydrogens (tertiary/aromatic N) is 6. The van der Waals surface area contributed by atoms with Gasteiger partial charge in [-0.05, 0) is 43.8 Å². The van der Waals surface area contributed by atoms with Gasteiger partial charge in [0.1, 0.15) is 6.10 Å². The molecule has 2 saturated heterocycles. The van der Waals surface area contributed by atoms with Crippen LogP contribution in [0.1, 0.15) is 30.5 Å². The van der Waals surface area contributed by atoms with E-state index in [0.717, 1.165) is 77.3 Å². The Morgan fingerprint density at radius 1 is 1.12 bits per heavy atom. The zero-order valence-electron chi connectivity index (χ0n) is 24.4. The first-order valence-corrected chi connectivity index (χ1v) is 15.3. The van der Waals surface area contributed by atoms with E-state index < -0.39 is 17.8 Å². The minimum atomic E-state index is -1.000. The fourth-order valence-electron chi connectivity index (χ4n) is 6.63. The number of halogens is 2. The highest BCUT2D eigenvalue weighted by atomic mass is 35.5. The van der Waals surface area contributed by atoms with Crippen LogP contribution in [0.4, 0.5) is 15.8 Å². The molecule has 0 bridgehead atoms. The van der Waals surface area contributed by atoms with Crippen LogP contribution in [-0.2, 0) is 17.8 Å². The molecular weight excluding hydrogens is 567 g/mol. The maximum Gasteiger partial charge on any atom is 0.282 e. The third-order valence-electron chi connectivity index (χ3n) is 8.90. The molecule has 3 aliphatic rings. The Morgan fingerprint density at radius 3 is 2.63 bits per heavy atom. The number of pyridine rings is 1. The van der Waals surface area contributed by atoms with Crippen LogP contribution >= 0.6 is 11.6 Å². The van der Waals surface area contributed by atoms with E-state index in [-0.39, 0.29) is 12.5 Å². The Hall–Kier alpha value is -3.87. The van der Waals surface area contributed by atoms with E-state index in [1.54, 1.807) is 0 Å². The highest BCUT2D eigenvalue weighted by Crippen LogP contribution is 2.38. The average molecular weight is 603 g/mol. The fourth-order valence-corrected chi connectivity index (χ4v) is 6.91. The van der Waals surface area contributed by atoms with Gasteiger partial charge in [0, 0.05) is 67.7 Å². The summed E-state index contributed by atoms with van der Waals surface area (Å²) in [6, 6.07) is 16.0. The summed E-state index contributed by atoms with van der Waals surface area (Å²) in [5.41, 5.74) is 4.18. The second-order valence-corrected chi connectivity index (χ2v) is 12.1. The number of fused-ring (bicyclic) bond motifs is 2. The van der Waals surface area contributed by atoms with Crippen LogP contribution in [0.5, 0.6) is 5.88 Å². The predicted octanol–water partition coefficient (Wildman–Crippen LogP) is 5.34. The number of piperidine rings is 1. The first-order chi connectivity index (χ1) is 20.8. The van der Waals surface area contributed by atoms with Crippen LogP contribution in [0.3, 0.4) is 0 Å². The molecule has 0 saturated carbocycles. The first kappa shape index (κ1) is 29.2. The summed E-state index contributed by atoms with van der Waals surface area (Å²) >= 11 is 6.69. The second kappa shape index (κ2) is 12.4. The zero-order valence-corrected chi connectivity index (χ0v) is 25.2. The van der Waals surface area contributed by atoms with Crippen molar-refractivity contribution in [1.29, 1.82) is 5.26 Å². The van der Waals surface area contributed by atoms with Crippen LogP contribution in [-0.4, -0.2) is 79.2 Å². The molecular formula is C33H36ClFN6O2. The van der Waals surface area contributed by atoms with E-state index >= 15 is 0 Å². The highest BCUT2D eigenvalue weighted by Gasteiger charge is 2.34. The van der Waals surface area contributed by atoms with Crippen LogP contribution in [0.15, 0.2) is 54.9 Å². The van der Waals surface area contributed by atoms with E-state index in [9.17, 15) is 14.4 Å². The number of carbonyl (C=O) groups is 1. The molecule has 1 aromatic heterocycles. The summed E-state index contributed by atoms with van der Waals surface area (Å²) in [7, 11) is 2.12. The number of anilines is 2. The smallest absolute Gasteiger partial charge is 0.282 e. The molecule has 8 nitrogen and oxygen atoms in total. The van der Waals surface area contributed by atoms with E-state index in [1.807, 2.05) is 18.2 Å². The van der Waals surface area contributed by atoms with Gasteiger partial charge in [0.15, 0.2) is 5.83 Å². The Bertz CT molecular complexity index is 1580. The number of benzene rings is 2. The third-order valence-corrected chi connectivity index (χ3v) is 9.22. The lowest BCUT2D eigenvalue weighted by Gasteiger charge is -2.43. The van der Waals surface area contributed by atoms with Crippen molar-refractivity contribution in [2.24, 2.45) is 0 Å². The van der Waals surface area contributed by atoms with Crippen LogP contribution in [0.2, 0.25) is 5.02 Å². The molecule has 43 heavy (non-hydrogen) atoms. The highest BCUT2D eigenvalue weighted by molar-refractivity contribution is 6.36. The molecule has 224 valence electrons. The molecule has 0 N–H and O–H groups in total. The molecule has 4 heterocycles. The van der Waals surface area contributed by atoms with Gasteiger partial charge in [0.05, 0.1) is 35.8 Å². The Balaban J connectivity index is 1.35. The summed E-state index contributed by atoms with van der Waals surface area (Å²) in [4.78, 5) is 25.9. The van der Waals surface area contributed by atoms with Gasteiger partial charge in [-0.3, -0.25) is 4.79 Å². The minimum absolute atomic E-state index is 0.0857.